The molecule has 1 atom stereocenters. The third-order valence-electron chi connectivity index (χ3n) is 3.00. The van der Waals surface area contributed by atoms with E-state index in [2.05, 4.69) is 21.2 Å². The van der Waals surface area contributed by atoms with E-state index in [1.54, 1.807) is 17.4 Å². The normalized spacial score (nSPS) is 12.6. The highest BCUT2D eigenvalue weighted by molar-refractivity contribution is 9.10. The Labute approximate surface area is 123 Å². The summed E-state index contributed by atoms with van der Waals surface area (Å²) in [5.41, 5.74) is 0.797. The second-order valence-electron chi connectivity index (χ2n) is 4.33. The highest BCUT2D eigenvalue weighted by Gasteiger charge is 2.13. The summed E-state index contributed by atoms with van der Waals surface area (Å²) in [5.74, 6) is -1.59. The van der Waals surface area contributed by atoms with Crippen molar-refractivity contribution in [3.05, 3.63) is 56.2 Å². The van der Waals surface area contributed by atoms with Crippen molar-refractivity contribution in [1.29, 1.82) is 0 Å². The van der Waals surface area contributed by atoms with Crippen LogP contribution < -0.4 is 5.32 Å². The summed E-state index contributed by atoms with van der Waals surface area (Å²) in [6, 6.07) is 6.29. The van der Waals surface area contributed by atoms with Gasteiger partial charge in [0.1, 0.15) is 0 Å². The number of hydrogen-bond donors (Lipinski definition) is 1. The first kappa shape index (κ1) is 14.6. The maximum atomic E-state index is 13.2. The lowest BCUT2D eigenvalue weighted by atomic mass is 10.0. The molecule has 1 aromatic carbocycles. The van der Waals surface area contributed by atoms with Gasteiger partial charge in [-0.2, -0.15) is 0 Å². The van der Waals surface area contributed by atoms with Gasteiger partial charge in [0.05, 0.1) is 0 Å². The molecule has 0 aliphatic rings. The Morgan fingerprint density at radius 2 is 2.00 bits per heavy atom. The Morgan fingerprint density at radius 1 is 1.21 bits per heavy atom. The summed E-state index contributed by atoms with van der Waals surface area (Å²) in [5, 5.41) is 5.25. The number of halogens is 3. The van der Waals surface area contributed by atoms with Crippen LogP contribution in [0.1, 0.15) is 10.4 Å². The molecule has 0 spiro atoms. The second kappa shape index (κ2) is 6.59. The SMILES string of the molecule is CNC(Cc1ccc(F)c(F)c1)Cc1sccc1Br. The van der Waals surface area contributed by atoms with E-state index >= 15 is 0 Å². The average molecular weight is 346 g/mol. The van der Waals surface area contributed by atoms with Crippen LogP contribution in [-0.4, -0.2) is 13.1 Å². The van der Waals surface area contributed by atoms with E-state index in [9.17, 15) is 8.78 Å². The lowest BCUT2D eigenvalue weighted by Gasteiger charge is -2.16. The molecule has 1 unspecified atom stereocenters. The molecule has 0 aliphatic carbocycles. The first-order valence-corrected chi connectivity index (χ1v) is 7.60. The molecule has 1 aromatic heterocycles. The van der Waals surface area contributed by atoms with Crippen LogP contribution in [-0.2, 0) is 12.8 Å². The highest BCUT2D eigenvalue weighted by Crippen LogP contribution is 2.24. The number of benzene rings is 1. The van der Waals surface area contributed by atoms with Gasteiger partial charge in [-0.1, -0.05) is 6.07 Å². The molecular formula is C14H14BrF2NS. The van der Waals surface area contributed by atoms with Crippen LogP contribution in [0.4, 0.5) is 8.78 Å². The van der Waals surface area contributed by atoms with Crippen molar-refractivity contribution in [1.82, 2.24) is 5.32 Å². The molecule has 1 nitrogen and oxygen atoms in total. The summed E-state index contributed by atoms with van der Waals surface area (Å²) in [6.45, 7) is 0. The molecule has 19 heavy (non-hydrogen) atoms. The summed E-state index contributed by atoms with van der Waals surface area (Å²) in [7, 11) is 1.88. The van der Waals surface area contributed by atoms with Gasteiger partial charge in [-0.3, -0.25) is 0 Å². The van der Waals surface area contributed by atoms with Crippen molar-refractivity contribution in [3.63, 3.8) is 0 Å². The molecule has 0 saturated carbocycles. The van der Waals surface area contributed by atoms with E-state index in [4.69, 9.17) is 0 Å². The highest BCUT2D eigenvalue weighted by atomic mass is 79.9. The number of nitrogens with one attached hydrogen (secondary N) is 1. The number of rotatable bonds is 5. The number of likely N-dealkylation sites (N-methyl/N-ethyl adjacent to an activating group) is 1. The third kappa shape index (κ3) is 3.84. The zero-order valence-corrected chi connectivity index (χ0v) is 12.8. The van der Waals surface area contributed by atoms with Gasteiger partial charge in [0.15, 0.2) is 11.6 Å². The predicted molar refractivity (Wildman–Crippen MR) is 78.6 cm³/mol. The fourth-order valence-electron chi connectivity index (χ4n) is 1.92. The summed E-state index contributed by atoms with van der Waals surface area (Å²) >= 11 is 5.19. The maximum absolute atomic E-state index is 13.2. The summed E-state index contributed by atoms with van der Waals surface area (Å²) < 4.78 is 27.2. The van der Waals surface area contributed by atoms with E-state index < -0.39 is 11.6 Å². The Hall–Kier alpha value is -0.780. The van der Waals surface area contributed by atoms with Gasteiger partial charge in [-0.05, 0) is 65.0 Å². The topological polar surface area (TPSA) is 12.0 Å². The monoisotopic (exact) mass is 345 g/mol. The van der Waals surface area contributed by atoms with Gasteiger partial charge >= 0.3 is 0 Å². The molecule has 0 bridgehead atoms. The van der Waals surface area contributed by atoms with Crippen LogP contribution in [0.2, 0.25) is 0 Å². The van der Waals surface area contributed by atoms with Crippen LogP contribution in [0, 0.1) is 11.6 Å². The van der Waals surface area contributed by atoms with E-state index in [0.717, 1.165) is 16.5 Å². The molecule has 5 heteroatoms. The zero-order valence-electron chi connectivity index (χ0n) is 10.4. The van der Waals surface area contributed by atoms with Crippen LogP contribution in [0.5, 0.6) is 0 Å². The lowest BCUT2D eigenvalue weighted by Crippen LogP contribution is -2.29. The van der Waals surface area contributed by atoms with E-state index in [-0.39, 0.29) is 6.04 Å². The second-order valence-corrected chi connectivity index (χ2v) is 6.19. The van der Waals surface area contributed by atoms with Crippen molar-refractivity contribution in [3.8, 4) is 0 Å². The molecule has 2 aromatic rings. The average Bonchev–Trinajstić information content (AvgIpc) is 2.78. The van der Waals surface area contributed by atoms with Gasteiger partial charge in [0.2, 0.25) is 0 Å². The molecule has 0 saturated heterocycles. The molecule has 1 N–H and O–H groups in total. The van der Waals surface area contributed by atoms with Crippen molar-refractivity contribution in [2.45, 2.75) is 18.9 Å². The molecule has 2 rings (SSSR count). The Bertz CT molecular complexity index is 556. The van der Waals surface area contributed by atoms with Crippen LogP contribution in [0.25, 0.3) is 0 Å². The van der Waals surface area contributed by atoms with Crippen molar-refractivity contribution in [2.75, 3.05) is 7.05 Å². The fourth-order valence-corrected chi connectivity index (χ4v) is 3.52. The predicted octanol–water partition coefficient (Wildman–Crippen LogP) is 4.16. The van der Waals surface area contributed by atoms with Crippen molar-refractivity contribution in [2.24, 2.45) is 0 Å². The maximum Gasteiger partial charge on any atom is 0.159 e. The number of thiophene rings is 1. The zero-order chi connectivity index (χ0) is 13.8. The Morgan fingerprint density at radius 3 is 2.58 bits per heavy atom. The first-order valence-electron chi connectivity index (χ1n) is 5.93. The molecule has 0 aliphatic heterocycles. The van der Waals surface area contributed by atoms with Gasteiger partial charge in [0, 0.05) is 15.4 Å². The number of hydrogen-bond acceptors (Lipinski definition) is 2. The minimum Gasteiger partial charge on any atom is -0.316 e. The smallest absolute Gasteiger partial charge is 0.159 e. The molecule has 0 fully saturated rings. The first-order chi connectivity index (χ1) is 9.10. The summed E-state index contributed by atoms with van der Waals surface area (Å²) in [6.07, 6.45) is 1.52. The molecule has 1 heterocycles. The van der Waals surface area contributed by atoms with Crippen LogP contribution >= 0.6 is 27.3 Å². The van der Waals surface area contributed by atoms with Gasteiger partial charge < -0.3 is 5.32 Å². The Kier molecular flexibility index (Phi) is 5.07. The fraction of sp³-hybridized carbons (Fsp3) is 0.286. The molecule has 102 valence electrons. The van der Waals surface area contributed by atoms with Crippen LogP contribution in [0.3, 0.4) is 0 Å². The minimum absolute atomic E-state index is 0.194. The van der Waals surface area contributed by atoms with Crippen molar-refractivity contribution >= 4 is 27.3 Å². The lowest BCUT2D eigenvalue weighted by molar-refractivity contribution is 0.503. The summed E-state index contributed by atoms with van der Waals surface area (Å²) in [4.78, 5) is 1.25. The van der Waals surface area contributed by atoms with E-state index in [1.165, 1.54) is 17.0 Å². The third-order valence-corrected chi connectivity index (χ3v) is 4.95. The molecule has 0 radical (unpaired) electrons. The minimum atomic E-state index is -0.800. The van der Waals surface area contributed by atoms with Gasteiger partial charge in [-0.15, -0.1) is 11.3 Å². The largest absolute Gasteiger partial charge is 0.316 e. The van der Waals surface area contributed by atoms with Crippen LogP contribution in [0.15, 0.2) is 34.1 Å². The quantitative estimate of drug-likeness (QED) is 0.857. The van der Waals surface area contributed by atoms with Crippen molar-refractivity contribution < 1.29 is 8.78 Å². The van der Waals surface area contributed by atoms with Gasteiger partial charge in [0.25, 0.3) is 0 Å². The van der Waals surface area contributed by atoms with E-state index in [1.807, 2.05) is 18.5 Å². The van der Waals surface area contributed by atoms with Gasteiger partial charge in [-0.25, -0.2) is 8.78 Å². The standard InChI is InChI=1S/C14H14BrF2NS/c1-18-10(8-14-11(15)4-5-19-14)6-9-2-3-12(16)13(17)7-9/h2-5,7,10,18H,6,8H2,1H3. The molecule has 0 amide bonds. The Balaban J connectivity index is 2.06. The molecular weight excluding hydrogens is 332 g/mol. The van der Waals surface area contributed by atoms with E-state index in [0.29, 0.717) is 6.42 Å².